The molecular weight excluding hydrogens is 170 g/mol. The van der Waals surface area contributed by atoms with Crippen LogP contribution in [0.15, 0.2) is 23.1 Å². The molecule has 0 aliphatic carbocycles. The molecule has 0 unspecified atom stereocenters. The quantitative estimate of drug-likeness (QED) is 0.658. The predicted molar refractivity (Wildman–Crippen MR) is 51.6 cm³/mol. The number of fused-ring (bicyclic) bond motifs is 1. The molecule has 63 valence electrons. The standard InChI is InChI=1S/C9H10NOS/c1-10-6-12-9-5-7(11-2)3-4-8(9)10/h3-6H,1-2H3. The number of hydrogen-bond acceptors (Lipinski definition) is 3. The first-order valence-corrected chi connectivity index (χ1v) is 4.60. The Morgan fingerprint density at radius 2 is 2.25 bits per heavy atom. The van der Waals surface area contributed by atoms with E-state index in [0.29, 0.717) is 0 Å². The number of hydrogen-bond donors (Lipinski definition) is 0. The monoisotopic (exact) mass is 180 g/mol. The molecule has 2 nitrogen and oxygen atoms in total. The van der Waals surface area contributed by atoms with E-state index in [1.807, 2.05) is 13.1 Å². The van der Waals surface area contributed by atoms with Crippen LogP contribution in [0, 0.1) is 5.88 Å². The Bertz CT molecular complexity index is 301. The van der Waals surface area contributed by atoms with Crippen molar-refractivity contribution in [3.63, 3.8) is 0 Å². The number of thioether (sulfide) groups is 1. The van der Waals surface area contributed by atoms with Gasteiger partial charge >= 0.3 is 0 Å². The summed E-state index contributed by atoms with van der Waals surface area (Å²) in [4.78, 5) is 3.37. The maximum absolute atomic E-state index is 5.13. The van der Waals surface area contributed by atoms with Gasteiger partial charge in [-0.05, 0) is 18.2 Å². The number of methoxy groups -OCH3 is 1. The molecular formula is C9H10NOS. The fraction of sp³-hybridized carbons (Fsp3) is 0.222. The van der Waals surface area contributed by atoms with Crippen molar-refractivity contribution < 1.29 is 4.74 Å². The van der Waals surface area contributed by atoms with E-state index in [9.17, 15) is 0 Å². The molecule has 2 rings (SSSR count). The first kappa shape index (κ1) is 7.80. The number of benzene rings is 1. The number of rotatable bonds is 1. The largest absolute Gasteiger partial charge is 0.497 e. The van der Waals surface area contributed by atoms with Crippen molar-refractivity contribution in [3.8, 4) is 5.75 Å². The lowest BCUT2D eigenvalue weighted by Crippen LogP contribution is -2.05. The van der Waals surface area contributed by atoms with Crippen molar-refractivity contribution in [1.29, 1.82) is 0 Å². The molecule has 0 aromatic heterocycles. The highest BCUT2D eigenvalue weighted by Crippen LogP contribution is 2.41. The lowest BCUT2D eigenvalue weighted by atomic mass is 10.3. The van der Waals surface area contributed by atoms with Crippen molar-refractivity contribution in [3.05, 3.63) is 24.1 Å². The Labute approximate surface area is 76.5 Å². The molecule has 1 radical (unpaired) electrons. The number of anilines is 1. The summed E-state index contributed by atoms with van der Waals surface area (Å²) in [6.45, 7) is 0. The van der Waals surface area contributed by atoms with E-state index in [-0.39, 0.29) is 0 Å². The van der Waals surface area contributed by atoms with Crippen LogP contribution in [0.5, 0.6) is 5.75 Å². The van der Waals surface area contributed by atoms with Crippen LogP contribution in [0.1, 0.15) is 0 Å². The molecule has 1 aliphatic rings. The van der Waals surface area contributed by atoms with E-state index >= 15 is 0 Å². The van der Waals surface area contributed by atoms with Gasteiger partial charge in [0.1, 0.15) is 11.6 Å². The Hall–Kier alpha value is -0.830. The van der Waals surface area contributed by atoms with Crippen LogP contribution in [0.3, 0.4) is 0 Å². The Balaban J connectivity index is 2.41. The van der Waals surface area contributed by atoms with Crippen molar-refractivity contribution in [2.75, 3.05) is 19.1 Å². The highest BCUT2D eigenvalue weighted by molar-refractivity contribution is 8.01. The molecule has 12 heavy (non-hydrogen) atoms. The van der Waals surface area contributed by atoms with Crippen molar-refractivity contribution in [2.45, 2.75) is 4.90 Å². The molecule has 1 aromatic rings. The van der Waals surface area contributed by atoms with E-state index in [2.05, 4.69) is 22.9 Å². The smallest absolute Gasteiger partial charge is 0.120 e. The van der Waals surface area contributed by atoms with Gasteiger partial charge in [-0.25, -0.2) is 0 Å². The average Bonchev–Trinajstić information content (AvgIpc) is 2.47. The van der Waals surface area contributed by atoms with Crippen molar-refractivity contribution in [2.24, 2.45) is 0 Å². The van der Waals surface area contributed by atoms with Gasteiger partial charge in [-0.15, -0.1) is 0 Å². The molecule has 0 fully saturated rings. The number of nitrogens with zero attached hydrogens (tertiary/aromatic N) is 1. The summed E-state index contributed by atoms with van der Waals surface area (Å²) in [7, 11) is 3.74. The molecule has 1 aliphatic heterocycles. The van der Waals surface area contributed by atoms with Crippen LogP contribution in [0.4, 0.5) is 5.69 Å². The normalized spacial score (nSPS) is 14.7. The van der Waals surface area contributed by atoms with E-state index < -0.39 is 0 Å². The first-order valence-electron chi connectivity index (χ1n) is 3.72. The van der Waals surface area contributed by atoms with Gasteiger partial charge in [0.25, 0.3) is 0 Å². The van der Waals surface area contributed by atoms with Gasteiger partial charge in [-0.1, -0.05) is 11.8 Å². The summed E-state index contributed by atoms with van der Waals surface area (Å²) in [5.41, 5.74) is 1.25. The SMILES string of the molecule is COc1ccc2c(c1)S[CH]N2C. The van der Waals surface area contributed by atoms with Crippen molar-refractivity contribution >= 4 is 17.4 Å². The average molecular weight is 180 g/mol. The Morgan fingerprint density at radius 3 is 3.00 bits per heavy atom. The molecule has 0 atom stereocenters. The molecule has 0 N–H and O–H groups in total. The summed E-state index contributed by atoms with van der Waals surface area (Å²) in [5.74, 6) is 3.01. The molecule has 0 saturated carbocycles. The second-order valence-corrected chi connectivity index (χ2v) is 3.55. The lowest BCUT2D eigenvalue weighted by molar-refractivity contribution is 0.414. The molecule has 1 heterocycles. The topological polar surface area (TPSA) is 12.5 Å². The van der Waals surface area contributed by atoms with Gasteiger partial charge in [0.05, 0.1) is 12.8 Å². The van der Waals surface area contributed by atoms with Crippen LogP contribution >= 0.6 is 11.8 Å². The lowest BCUT2D eigenvalue weighted by Gasteiger charge is -2.09. The highest BCUT2D eigenvalue weighted by Gasteiger charge is 2.16. The van der Waals surface area contributed by atoms with Gasteiger partial charge in [0, 0.05) is 11.9 Å². The fourth-order valence-electron chi connectivity index (χ4n) is 1.20. The van der Waals surface area contributed by atoms with E-state index in [0.717, 1.165) is 5.75 Å². The molecule has 1 aromatic carbocycles. The van der Waals surface area contributed by atoms with E-state index in [1.54, 1.807) is 18.9 Å². The first-order chi connectivity index (χ1) is 5.81. The molecule has 3 heteroatoms. The third kappa shape index (κ3) is 1.14. The maximum Gasteiger partial charge on any atom is 0.120 e. The predicted octanol–water partition coefficient (Wildman–Crippen LogP) is 2.36. The van der Waals surface area contributed by atoms with Crippen LogP contribution in [-0.4, -0.2) is 14.2 Å². The third-order valence-electron chi connectivity index (χ3n) is 1.88. The van der Waals surface area contributed by atoms with Gasteiger partial charge in [-0.3, -0.25) is 0 Å². The van der Waals surface area contributed by atoms with Gasteiger partial charge in [0.2, 0.25) is 0 Å². The molecule has 0 amide bonds. The maximum atomic E-state index is 5.13. The van der Waals surface area contributed by atoms with Gasteiger partial charge in [0.15, 0.2) is 0 Å². The Morgan fingerprint density at radius 1 is 1.42 bits per heavy atom. The zero-order valence-electron chi connectivity index (χ0n) is 7.07. The molecule has 0 spiro atoms. The summed E-state index contributed by atoms with van der Waals surface area (Å²) < 4.78 is 5.13. The second kappa shape index (κ2) is 2.90. The van der Waals surface area contributed by atoms with Gasteiger partial charge in [-0.2, -0.15) is 0 Å². The zero-order chi connectivity index (χ0) is 8.55. The summed E-state index contributed by atoms with van der Waals surface area (Å²) >= 11 is 1.73. The highest BCUT2D eigenvalue weighted by atomic mass is 32.2. The van der Waals surface area contributed by atoms with E-state index in [1.165, 1.54) is 10.6 Å². The van der Waals surface area contributed by atoms with Gasteiger partial charge < -0.3 is 9.64 Å². The van der Waals surface area contributed by atoms with E-state index in [4.69, 9.17) is 4.74 Å². The summed E-state index contributed by atoms with van der Waals surface area (Å²) in [6, 6.07) is 6.11. The fourth-order valence-corrected chi connectivity index (χ4v) is 2.10. The minimum atomic E-state index is 0.921. The minimum Gasteiger partial charge on any atom is -0.497 e. The van der Waals surface area contributed by atoms with Crippen molar-refractivity contribution in [1.82, 2.24) is 0 Å². The van der Waals surface area contributed by atoms with Crippen LogP contribution in [0.25, 0.3) is 0 Å². The second-order valence-electron chi connectivity index (χ2n) is 2.67. The van der Waals surface area contributed by atoms with Crippen LogP contribution in [0.2, 0.25) is 0 Å². The summed E-state index contributed by atoms with van der Waals surface area (Å²) in [5, 5.41) is 0. The molecule has 0 saturated heterocycles. The third-order valence-corrected chi connectivity index (χ3v) is 2.89. The van der Waals surface area contributed by atoms with Crippen LogP contribution < -0.4 is 9.64 Å². The number of ether oxygens (including phenoxy) is 1. The zero-order valence-corrected chi connectivity index (χ0v) is 7.89. The minimum absolute atomic E-state index is 0.921. The molecule has 0 bridgehead atoms. The Kier molecular flexibility index (Phi) is 1.89. The van der Waals surface area contributed by atoms with Crippen LogP contribution in [-0.2, 0) is 0 Å². The summed E-state index contributed by atoms with van der Waals surface area (Å²) in [6.07, 6.45) is 0.